The topological polar surface area (TPSA) is 89.4 Å². The van der Waals surface area contributed by atoms with Crippen LogP contribution in [0.15, 0.2) is 17.0 Å². The van der Waals surface area contributed by atoms with Crippen molar-refractivity contribution in [3.63, 3.8) is 0 Å². The van der Waals surface area contributed by atoms with E-state index < -0.39 is 11.9 Å². The maximum atomic E-state index is 12.4. The van der Waals surface area contributed by atoms with E-state index in [2.05, 4.69) is 4.98 Å². The molecule has 1 saturated heterocycles. The van der Waals surface area contributed by atoms with Gasteiger partial charge >= 0.3 is 0 Å². The molecule has 98 valence electrons. The van der Waals surface area contributed by atoms with Crippen molar-refractivity contribution < 1.29 is 14.0 Å². The minimum Gasteiger partial charge on any atom is -0.448 e. The largest absolute Gasteiger partial charge is 0.448 e. The van der Waals surface area contributed by atoms with Crippen LogP contribution in [0.4, 0.5) is 0 Å². The molecule has 2 atom stereocenters. The van der Waals surface area contributed by atoms with Gasteiger partial charge in [-0.1, -0.05) is 6.92 Å². The van der Waals surface area contributed by atoms with Crippen LogP contribution in [-0.2, 0) is 9.59 Å². The number of hydrogen-bond donors (Lipinski definition) is 1. The van der Waals surface area contributed by atoms with Gasteiger partial charge in [-0.25, -0.2) is 4.98 Å². The highest BCUT2D eigenvalue weighted by atomic mass is 16.3. The van der Waals surface area contributed by atoms with Gasteiger partial charge in [-0.05, 0) is 19.3 Å². The summed E-state index contributed by atoms with van der Waals surface area (Å²) in [5.74, 6) is -0.381. The number of nitrogens with zero attached hydrogens (tertiary/aromatic N) is 2. The molecule has 0 spiro atoms. The lowest BCUT2D eigenvalue weighted by molar-refractivity contribution is -0.138. The lowest BCUT2D eigenvalue weighted by atomic mass is 10.0. The third kappa shape index (κ3) is 2.23. The Morgan fingerprint density at radius 2 is 2.44 bits per heavy atom. The zero-order valence-corrected chi connectivity index (χ0v) is 10.3. The van der Waals surface area contributed by atoms with Crippen LogP contribution in [0.2, 0.25) is 0 Å². The van der Waals surface area contributed by atoms with Gasteiger partial charge in [0.25, 0.3) is 0 Å². The maximum Gasteiger partial charge on any atom is 0.240 e. The molecule has 1 aliphatic rings. The summed E-state index contributed by atoms with van der Waals surface area (Å²) < 4.78 is 5.19. The van der Waals surface area contributed by atoms with Crippen molar-refractivity contribution in [3.8, 4) is 0 Å². The first-order chi connectivity index (χ1) is 8.65. The lowest BCUT2D eigenvalue weighted by Gasteiger charge is -2.25. The number of oxazole rings is 1. The first-order valence-electron chi connectivity index (χ1n) is 6.13. The molecule has 2 rings (SSSR count). The van der Waals surface area contributed by atoms with Crippen LogP contribution < -0.4 is 5.73 Å². The fourth-order valence-corrected chi connectivity index (χ4v) is 2.42. The van der Waals surface area contributed by atoms with Gasteiger partial charge in [0.1, 0.15) is 11.8 Å². The van der Waals surface area contributed by atoms with E-state index in [-0.39, 0.29) is 11.8 Å². The Morgan fingerprint density at radius 1 is 1.67 bits per heavy atom. The van der Waals surface area contributed by atoms with E-state index in [4.69, 9.17) is 10.2 Å². The first kappa shape index (κ1) is 12.6. The fraction of sp³-hybridized carbons (Fsp3) is 0.583. The van der Waals surface area contributed by atoms with E-state index in [0.717, 1.165) is 6.42 Å². The number of hydrogen-bond acceptors (Lipinski definition) is 4. The molecule has 2 N–H and O–H groups in total. The highest BCUT2D eigenvalue weighted by Crippen LogP contribution is 2.26. The quantitative estimate of drug-likeness (QED) is 0.850. The Kier molecular flexibility index (Phi) is 3.64. The minimum atomic E-state index is -0.477. The first-order valence-corrected chi connectivity index (χ1v) is 6.13. The molecule has 1 fully saturated rings. The molecule has 6 nitrogen and oxygen atoms in total. The molecule has 1 aliphatic heterocycles. The van der Waals surface area contributed by atoms with Gasteiger partial charge in [0.05, 0.1) is 12.1 Å². The molecule has 2 unspecified atom stereocenters. The van der Waals surface area contributed by atoms with Gasteiger partial charge in [0.15, 0.2) is 6.39 Å². The molecule has 2 heterocycles. The molecule has 0 saturated carbocycles. The van der Waals surface area contributed by atoms with Crippen molar-refractivity contribution in [1.82, 2.24) is 9.88 Å². The van der Waals surface area contributed by atoms with Gasteiger partial charge in [0, 0.05) is 6.54 Å². The maximum absolute atomic E-state index is 12.4. The second kappa shape index (κ2) is 5.20. The number of rotatable bonds is 4. The van der Waals surface area contributed by atoms with Crippen molar-refractivity contribution in [2.24, 2.45) is 5.73 Å². The van der Waals surface area contributed by atoms with Gasteiger partial charge in [-0.3, -0.25) is 9.59 Å². The molecule has 0 aromatic carbocycles. The SMILES string of the molecule is CCC(C(=O)N1CCCC1C(N)=O)c1cnco1. The summed E-state index contributed by atoms with van der Waals surface area (Å²) in [5, 5.41) is 0. The summed E-state index contributed by atoms with van der Waals surface area (Å²) in [6.07, 6.45) is 4.92. The van der Waals surface area contributed by atoms with E-state index in [1.165, 1.54) is 6.39 Å². The zero-order valence-electron chi connectivity index (χ0n) is 10.3. The number of carbonyl (C=O) groups is 2. The molecular weight excluding hydrogens is 234 g/mol. The van der Waals surface area contributed by atoms with E-state index >= 15 is 0 Å². The summed E-state index contributed by atoms with van der Waals surface area (Å²) in [6.45, 7) is 2.48. The molecule has 1 aromatic rings. The second-order valence-electron chi connectivity index (χ2n) is 4.46. The Balaban J connectivity index is 2.17. The van der Waals surface area contributed by atoms with E-state index in [9.17, 15) is 9.59 Å². The summed E-state index contributed by atoms with van der Waals surface area (Å²) in [5.41, 5.74) is 5.32. The molecule has 18 heavy (non-hydrogen) atoms. The molecular formula is C12H17N3O3. The summed E-state index contributed by atoms with van der Waals surface area (Å²) in [4.78, 5) is 29.1. The minimum absolute atomic E-state index is 0.101. The molecule has 0 bridgehead atoms. The summed E-state index contributed by atoms with van der Waals surface area (Å²) >= 11 is 0. The highest BCUT2D eigenvalue weighted by Gasteiger charge is 2.36. The average molecular weight is 251 g/mol. The Morgan fingerprint density at radius 3 is 3.00 bits per heavy atom. The third-order valence-electron chi connectivity index (χ3n) is 3.37. The molecule has 2 amide bonds. The number of amides is 2. The second-order valence-corrected chi connectivity index (χ2v) is 4.46. The van der Waals surface area contributed by atoms with Crippen LogP contribution in [0, 0.1) is 0 Å². The standard InChI is InChI=1S/C12H17N3O3/c1-2-8(10-6-14-7-18-10)12(17)15-5-3-4-9(15)11(13)16/h6-9H,2-5H2,1H3,(H2,13,16). The van der Waals surface area contributed by atoms with Gasteiger partial charge in [0.2, 0.25) is 11.8 Å². The van der Waals surface area contributed by atoms with E-state index in [0.29, 0.717) is 25.1 Å². The highest BCUT2D eigenvalue weighted by molar-refractivity contribution is 5.90. The predicted molar refractivity (Wildman–Crippen MR) is 63.5 cm³/mol. The van der Waals surface area contributed by atoms with Gasteiger partial charge in [-0.2, -0.15) is 0 Å². The Bertz CT molecular complexity index is 430. The number of nitrogens with two attached hydrogens (primary N) is 1. The van der Waals surface area contributed by atoms with Crippen LogP contribution >= 0.6 is 0 Å². The van der Waals surface area contributed by atoms with Gasteiger partial charge in [-0.15, -0.1) is 0 Å². The molecule has 0 aliphatic carbocycles. The summed E-state index contributed by atoms with van der Waals surface area (Å²) in [7, 11) is 0. The summed E-state index contributed by atoms with van der Waals surface area (Å²) in [6, 6.07) is -0.477. The van der Waals surface area contributed by atoms with Crippen LogP contribution in [-0.4, -0.2) is 34.3 Å². The van der Waals surface area contributed by atoms with Gasteiger partial charge < -0.3 is 15.1 Å². The van der Waals surface area contributed by atoms with Crippen LogP contribution in [0.3, 0.4) is 0 Å². The number of carbonyl (C=O) groups excluding carboxylic acids is 2. The van der Waals surface area contributed by atoms with E-state index in [1.54, 1.807) is 11.1 Å². The molecule has 0 radical (unpaired) electrons. The predicted octanol–water partition coefficient (Wildman–Crippen LogP) is 0.644. The Labute approximate surface area is 105 Å². The van der Waals surface area contributed by atoms with Crippen LogP contribution in [0.1, 0.15) is 37.9 Å². The van der Waals surface area contributed by atoms with Crippen molar-refractivity contribution in [2.75, 3.05) is 6.54 Å². The number of likely N-dealkylation sites (tertiary alicyclic amines) is 1. The van der Waals surface area contributed by atoms with Crippen molar-refractivity contribution in [2.45, 2.75) is 38.1 Å². The number of aromatic nitrogens is 1. The average Bonchev–Trinajstić information content (AvgIpc) is 3.00. The normalized spacial score (nSPS) is 20.9. The fourth-order valence-electron chi connectivity index (χ4n) is 2.42. The smallest absolute Gasteiger partial charge is 0.240 e. The number of primary amides is 1. The third-order valence-corrected chi connectivity index (χ3v) is 3.37. The van der Waals surface area contributed by atoms with Crippen LogP contribution in [0.5, 0.6) is 0 Å². The van der Waals surface area contributed by atoms with Crippen molar-refractivity contribution >= 4 is 11.8 Å². The van der Waals surface area contributed by atoms with Crippen molar-refractivity contribution in [1.29, 1.82) is 0 Å². The van der Waals surface area contributed by atoms with E-state index in [1.807, 2.05) is 6.92 Å². The van der Waals surface area contributed by atoms with Crippen molar-refractivity contribution in [3.05, 3.63) is 18.4 Å². The Hall–Kier alpha value is -1.85. The molecule has 1 aromatic heterocycles. The van der Waals surface area contributed by atoms with Crippen LogP contribution in [0.25, 0.3) is 0 Å². The zero-order chi connectivity index (χ0) is 13.1. The lowest BCUT2D eigenvalue weighted by Crippen LogP contribution is -2.45. The monoisotopic (exact) mass is 251 g/mol. The molecule has 6 heteroatoms.